The van der Waals surface area contributed by atoms with Crippen LogP contribution in [0.3, 0.4) is 0 Å². The van der Waals surface area contributed by atoms with E-state index in [2.05, 4.69) is 38.4 Å². The molecule has 4 atom stereocenters. The first kappa shape index (κ1) is 29.7. The maximum Gasteiger partial charge on any atom is 0.354 e. The number of carbonyl (C=O) groups excluding carboxylic acids is 1. The molecule has 0 saturated heterocycles. The van der Waals surface area contributed by atoms with Gasteiger partial charge in [-0.1, -0.05) is 31.2 Å². The van der Waals surface area contributed by atoms with Gasteiger partial charge in [0.05, 0.1) is 19.9 Å². The van der Waals surface area contributed by atoms with E-state index in [1.54, 1.807) is 19.2 Å². The van der Waals surface area contributed by atoms with E-state index in [1.165, 1.54) is 31.5 Å². The van der Waals surface area contributed by atoms with Crippen molar-refractivity contribution in [3.63, 3.8) is 0 Å². The molecule has 2 aliphatic carbocycles. The molecule has 9 nitrogen and oxygen atoms in total. The SMILES string of the molecule is COc1ccc(C(C)NS(=O)(=NC(=O)Nc2c(C(C)C3CC3)ccc3c2CCC3)c2cnc(C(C)(O)CO)s2)cc1. The largest absolute Gasteiger partial charge is 0.497 e. The summed E-state index contributed by atoms with van der Waals surface area (Å²) < 4.78 is 27.3. The number of benzene rings is 2. The fourth-order valence-electron chi connectivity index (χ4n) is 5.34. The predicted octanol–water partition coefficient (Wildman–Crippen LogP) is 5.68. The lowest BCUT2D eigenvalue weighted by Gasteiger charge is -2.21. The number of fused-ring (bicyclic) bond motifs is 1. The van der Waals surface area contributed by atoms with Gasteiger partial charge in [0.2, 0.25) is 0 Å². The first-order valence-corrected chi connectivity index (χ1v) is 16.3. The number of ether oxygens (including phenoxy) is 1. The van der Waals surface area contributed by atoms with Crippen molar-refractivity contribution < 1.29 is 24.0 Å². The summed E-state index contributed by atoms with van der Waals surface area (Å²) in [6.45, 7) is 4.90. The van der Waals surface area contributed by atoms with Crippen molar-refractivity contribution >= 4 is 33.0 Å². The van der Waals surface area contributed by atoms with Gasteiger partial charge in [0.25, 0.3) is 0 Å². The van der Waals surface area contributed by atoms with Gasteiger partial charge in [0, 0.05) is 11.7 Å². The van der Waals surface area contributed by atoms with Crippen molar-refractivity contribution in [3.8, 4) is 5.75 Å². The van der Waals surface area contributed by atoms with Crippen LogP contribution < -0.4 is 14.8 Å². The number of aliphatic hydroxyl groups is 2. The average Bonchev–Trinajstić information content (AvgIpc) is 3.46. The molecule has 1 saturated carbocycles. The lowest BCUT2D eigenvalue weighted by Crippen LogP contribution is -2.28. The number of aromatic nitrogens is 1. The Kier molecular flexibility index (Phi) is 8.54. The number of methoxy groups -OCH3 is 1. The second-order valence-electron chi connectivity index (χ2n) is 11.2. The van der Waals surface area contributed by atoms with Crippen molar-refractivity contribution in [1.82, 2.24) is 9.71 Å². The van der Waals surface area contributed by atoms with Crippen molar-refractivity contribution in [2.75, 3.05) is 19.0 Å². The number of nitrogens with zero attached hydrogens (tertiary/aromatic N) is 2. The molecule has 11 heteroatoms. The van der Waals surface area contributed by atoms with E-state index in [0.717, 1.165) is 53.0 Å². The third-order valence-corrected chi connectivity index (χ3v) is 11.8. The highest BCUT2D eigenvalue weighted by Gasteiger charge is 2.33. The number of aryl methyl sites for hydroxylation is 1. The Morgan fingerprint density at radius 2 is 1.95 bits per heavy atom. The number of thiazole rings is 1. The van der Waals surface area contributed by atoms with Crippen molar-refractivity contribution in [2.45, 2.75) is 74.6 Å². The summed E-state index contributed by atoms with van der Waals surface area (Å²) in [6, 6.07) is 10.4. The number of carbonyl (C=O) groups is 1. The minimum absolute atomic E-state index is 0.179. The Morgan fingerprint density at radius 3 is 2.61 bits per heavy atom. The number of hydrogen-bond acceptors (Lipinski definition) is 7. The highest BCUT2D eigenvalue weighted by molar-refractivity contribution is 7.94. The first-order chi connectivity index (χ1) is 19.5. The van der Waals surface area contributed by atoms with Crippen LogP contribution in [-0.2, 0) is 28.4 Å². The summed E-state index contributed by atoms with van der Waals surface area (Å²) in [5.41, 5.74) is 3.47. The molecular weight excluding hydrogens is 560 g/mol. The van der Waals surface area contributed by atoms with Crippen LogP contribution in [0, 0.1) is 5.92 Å². The number of aliphatic hydroxyl groups excluding tert-OH is 1. The Morgan fingerprint density at radius 1 is 1.22 bits per heavy atom. The Bertz CT molecular complexity index is 1540. The van der Waals surface area contributed by atoms with Crippen LogP contribution in [-0.4, -0.2) is 39.2 Å². The summed E-state index contributed by atoms with van der Waals surface area (Å²) >= 11 is 0.950. The summed E-state index contributed by atoms with van der Waals surface area (Å²) in [5.74, 6) is 1.60. The van der Waals surface area contributed by atoms with Crippen molar-refractivity contribution in [2.24, 2.45) is 10.3 Å². The predicted molar refractivity (Wildman–Crippen MR) is 161 cm³/mol. The van der Waals surface area contributed by atoms with E-state index in [-0.39, 0.29) is 9.22 Å². The monoisotopic (exact) mass is 598 g/mol. The number of nitrogens with one attached hydrogen (secondary N) is 2. The fourth-order valence-corrected chi connectivity index (χ4v) is 8.32. The molecule has 2 aliphatic rings. The standard InChI is InChI=1S/C30H38N4O5S2/c1-18(20-8-9-20)24-15-12-22-6-5-7-25(22)27(24)32-29(36)34-41(38,26-16-31-28(40-26)30(3,37)17-35)33-19(2)21-10-13-23(39-4)14-11-21/h10-16,18-20,35,37H,5-9,17H2,1-4H3,(H2,32,33,34,36,38). The van der Waals surface area contributed by atoms with Gasteiger partial charge in [0.15, 0.2) is 9.92 Å². The van der Waals surface area contributed by atoms with E-state index < -0.39 is 34.2 Å². The number of rotatable bonds is 10. The summed E-state index contributed by atoms with van der Waals surface area (Å²) in [4.78, 5) is 17.8. The molecule has 220 valence electrons. The number of amides is 2. The minimum Gasteiger partial charge on any atom is -0.497 e. The van der Waals surface area contributed by atoms with E-state index in [0.29, 0.717) is 17.6 Å². The van der Waals surface area contributed by atoms with Gasteiger partial charge in [-0.3, -0.25) is 0 Å². The van der Waals surface area contributed by atoms with Crippen LogP contribution >= 0.6 is 11.3 Å². The molecule has 0 spiro atoms. The summed E-state index contributed by atoms with van der Waals surface area (Å²) in [7, 11) is -1.97. The molecule has 0 radical (unpaired) electrons. The minimum atomic E-state index is -3.55. The molecule has 41 heavy (non-hydrogen) atoms. The van der Waals surface area contributed by atoms with Crippen LogP contribution in [0.2, 0.25) is 0 Å². The maximum absolute atomic E-state index is 14.6. The van der Waals surface area contributed by atoms with Gasteiger partial charge in [-0.15, -0.1) is 15.7 Å². The third-order valence-electron chi connectivity index (χ3n) is 8.06. The maximum atomic E-state index is 14.6. The summed E-state index contributed by atoms with van der Waals surface area (Å²) in [5, 5.41) is 23.4. The third kappa shape index (κ3) is 6.34. The second-order valence-corrected chi connectivity index (χ2v) is 14.4. The topological polar surface area (TPSA) is 133 Å². The van der Waals surface area contributed by atoms with Crippen LogP contribution in [0.5, 0.6) is 5.75 Å². The molecule has 0 bridgehead atoms. The number of anilines is 1. The highest BCUT2D eigenvalue weighted by atomic mass is 32.2. The molecule has 4 unspecified atom stereocenters. The van der Waals surface area contributed by atoms with Gasteiger partial charge in [-0.2, -0.15) is 0 Å². The zero-order chi connectivity index (χ0) is 29.4. The van der Waals surface area contributed by atoms with Crippen LogP contribution in [0.15, 0.2) is 51.2 Å². The lowest BCUT2D eigenvalue weighted by atomic mass is 9.91. The Labute approximate surface area is 245 Å². The van der Waals surface area contributed by atoms with Crippen molar-refractivity contribution in [1.29, 1.82) is 0 Å². The van der Waals surface area contributed by atoms with Crippen LogP contribution in [0.1, 0.15) is 79.3 Å². The van der Waals surface area contributed by atoms with Crippen LogP contribution in [0.25, 0.3) is 0 Å². The first-order valence-electron chi connectivity index (χ1n) is 14.0. The average molecular weight is 599 g/mol. The van der Waals surface area contributed by atoms with Gasteiger partial charge in [-0.05, 0) is 92.2 Å². The molecule has 0 aliphatic heterocycles. The molecule has 4 N–H and O–H groups in total. The normalized spacial score (nSPS) is 19.0. The Balaban J connectivity index is 1.52. The zero-order valence-corrected chi connectivity index (χ0v) is 25.5. The van der Waals surface area contributed by atoms with E-state index in [9.17, 15) is 19.2 Å². The molecule has 1 heterocycles. The van der Waals surface area contributed by atoms with Gasteiger partial charge >= 0.3 is 6.03 Å². The molecule has 5 rings (SSSR count). The molecule has 2 aromatic carbocycles. The molecule has 1 fully saturated rings. The second kappa shape index (κ2) is 11.8. The fraction of sp³-hybridized carbons (Fsp3) is 0.467. The van der Waals surface area contributed by atoms with Gasteiger partial charge in [0.1, 0.15) is 20.6 Å². The van der Waals surface area contributed by atoms with E-state index in [1.807, 2.05) is 19.1 Å². The number of urea groups is 1. The van der Waals surface area contributed by atoms with Crippen LogP contribution in [0.4, 0.5) is 10.5 Å². The van der Waals surface area contributed by atoms with Crippen molar-refractivity contribution in [3.05, 3.63) is 69.9 Å². The van der Waals surface area contributed by atoms with E-state index in [4.69, 9.17) is 4.74 Å². The molecule has 2 amide bonds. The highest BCUT2D eigenvalue weighted by Crippen LogP contribution is 2.46. The van der Waals surface area contributed by atoms with E-state index >= 15 is 0 Å². The quantitative estimate of drug-likeness (QED) is 0.237. The Hall–Kier alpha value is -2.83. The molecule has 1 aromatic heterocycles. The molecular formula is C30H38N4O5S2. The van der Waals surface area contributed by atoms with Gasteiger partial charge in [-0.25, -0.2) is 18.7 Å². The summed E-state index contributed by atoms with van der Waals surface area (Å²) in [6.07, 6.45) is 6.59. The van der Waals surface area contributed by atoms with Gasteiger partial charge < -0.3 is 20.3 Å². The lowest BCUT2D eigenvalue weighted by molar-refractivity contribution is -0.00244. The number of hydrogen-bond donors (Lipinski definition) is 4. The zero-order valence-electron chi connectivity index (χ0n) is 23.8. The molecule has 3 aromatic rings. The smallest absolute Gasteiger partial charge is 0.354 e.